The first-order chi connectivity index (χ1) is 17.9. The fourth-order valence-corrected chi connectivity index (χ4v) is 7.12. The molecule has 3 aliphatic carbocycles. The van der Waals surface area contributed by atoms with Crippen LogP contribution in [0.1, 0.15) is 80.5 Å². The maximum absolute atomic E-state index is 14.0. The molecule has 0 spiro atoms. The zero-order valence-electron chi connectivity index (χ0n) is 22.2. The van der Waals surface area contributed by atoms with Gasteiger partial charge in [0.25, 0.3) is 0 Å². The van der Waals surface area contributed by atoms with Crippen molar-refractivity contribution in [1.29, 1.82) is 0 Å². The lowest BCUT2D eigenvalue weighted by Gasteiger charge is -2.54. The Kier molecular flexibility index (Phi) is 7.15. The van der Waals surface area contributed by atoms with Gasteiger partial charge >= 0.3 is 0 Å². The van der Waals surface area contributed by atoms with Crippen LogP contribution in [0, 0.1) is 23.1 Å². The minimum atomic E-state index is -0.263. The van der Waals surface area contributed by atoms with Gasteiger partial charge in [-0.2, -0.15) is 0 Å². The van der Waals surface area contributed by atoms with E-state index in [4.69, 9.17) is 14.4 Å². The first-order valence-corrected chi connectivity index (χ1v) is 13.4. The largest absolute Gasteiger partial charge is 0.504 e. The van der Waals surface area contributed by atoms with E-state index in [0.717, 1.165) is 72.9 Å². The number of oxime groups is 2. The summed E-state index contributed by atoms with van der Waals surface area (Å²) in [5.41, 5.74) is 5.75. The summed E-state index contributed by atoms with van der Waals surface area (Å²) in [5.74, 6) is 1.47. The van der Waals surface area contributed by atoms with Crippen LogP contribution in [0.2, 0.25) is 0 Å². The second kappa shape index (κ2) is 10.3. The minimum Gasteiger partial charge on any atom is -0.504 e. The van der Waals surface area contributed by atoms with Gasteiger partial charge in [-0.15, -0.1) is 0 Å². The Balaban J connectivity index is 1.50. The van der Waals surface area contributed by atoms with Crippen LogP contribution in [0.15, 0.2) is 40.6 Å². The van der Waals surface area contributed by atoms with Gasteiger partial charge in [0.2, 0.25) is 0 Å². The van der Waals surface area contributed by atoms with Crippen LogP contribution in [0.5, 0.6) is 11.5 Å². The lowest BCUT2D eigenvalue weighted by Crippen LogP contribution is -2.50. The molecular weight excluding hydrogens is 471 g/mol. The van der Waals surface area contributed by atoms with Crippen molar-refractivity contribution in [2.24, 2.45) is 27.6 Å². The summed E-state index contributed by atoms with van der Waals surface area (Å²) in [5, 5.41) is 19.7. The van der Waals surface area contributed by atoms with Crippen LogP contribution in [0.25, 0.3) is 0 Å². The number of rotatable bonds is 6. The van der Waals surface area contributed by atoms with Crippen molar-refractivity contribution in [2.45, 2.75) is 71.3 Å². The minimum absolute atomic E-state index is 0.00196. The third-order valence-corrected chi connectivity index (χ3v) is 8.94. The predicted octanol–water partition coefficient (Wildman–Crippen LogP) is 6.73. The number of hydrogen-bond acceptors (Lipinski definition) is 6. The molecule has 2 saturated carbocycles. The standard InChI is InChI=1S/C30H37FN2O4/c1-5-18-11-19(13-20(31)12-18)17-37-32-26-14-23-21(22-16-28(35-3)27(34)15-24(22)26)9-10-30(2)25(23)7-6-8-29(30)33-36-4/h11-13,15-16,21,23,25,34H,5-10,14,17H2,1-4H3/b32-26+,33-29+/t21-,23-,25?,30+/m1/s1. The molecule has 4 atom stereocenters. The second-order valence-corrected chi connectivity index (χ2v) is 10.9. The average Bonchev–Trinajstić information content (AvgIpc) is 2.88. The van der Waals surface area contributed by atoms with E-state index in [-0.39, 0.29) is 23.6 Å². The van der Waals surface area contributed by atoms with Crippen molar-refractivity contribution in [3.8, 4) is 11.5 Å². The third kappa shape index (κ3) is 4.69. The number of phenolic OH excluding ortho intramolecular Hbond substituents is 1. The highest BCUT2D eigenvalue weighted by Crippen LogP contribution is 2.59. The summed E-state index contributed by atoms with van der Waals surface area (Å²) in [7, 11) is 3.21. The number of fused-ring (bicyclic) bond motifs is 5. The van der Waals surface area contributed by atoms with E-state index in [1.807, 2.05) is 19.1 Å². The number of hydrogen-bond donors (Lipinski definition) is 1. The van der Waals surface area contributed by atoms with Crippen LogP contribution in [-0.2, 0) is 22.7 Å². The maximum atomic E-state index is 14.0. The van der Waals surface area contributed by atoms with E-state index in [1.54, 1.807) is 26.4 Å². The van der Waals surface area contributed by atoms with Crippen molar-refractivity contribution in [3.05, 3.63) is 58.4 Å². The molecular formula is C30H37FN2O4. The van der Waals surface area contributed by atoms with E-state index in [1.165, 1.54) is 11.8 Å². The SMILES string of the molecule is CCc1cc(F)cc(CO/N=C2\C[C@H]3C4CCC/C(=N\OC)[C@@]4(C)CC[C@@H]3c3cc(OC)c(O)cc32)c1. The summed E-state index contributed by atoms with van der Waals surface area (Å²) >= 11 is 0. The average molecular weight is 509 g/mol. The zero-order valence-corrected chi connectivity index (χ0v) is 22.2. The molecule has 0 heterocycles. The highest BCUT2D eigenvalue weighted by atomic mass is 19.1. The van der Waals surface area contributed by atoms with E-state index in [2.05, 4.69) is 17.2 Å². The van der Waals surface area contributed by atoms with Gasteiger partial charge in [0.15, 0.2) is 11.5 Å². The quantitative estimate of drug-likeness (QED) is 0.439. The first-order valence-electron chi connectivity index (χ1n) is 13.4. The zero-order chi connectivity index (χ0) is 26.2. The topological polar surface area (TPSA) is 72.6 Å². The number of methoxy groups -OCH3 is 1. The van der Waals surface area contributed by atoms with Gasteiger partial charge in [-0.05, 0) is 104 Å². The van der Waals surface area contributed by atoms with Gasteiger partial charge in [0.05, 0.1) is 18.5 Å². The second-order valence-electron chi connectivity index (χ2n) is 10.9. The summed E-state index contributed by atoms with van der Waals surface area (Å²) in [4.78, 5) is 11.1. The summed E-state index contributed by atoms with van der Waals surface area (Å²) in [6, 6.07) is 8.74. The normalized spacial score (nSPS) is 28.8. The molecule has 2 fully saturated rings. The first kappa shape index (κ1) is 25.6. The molecule has 5 rings (SSSR count). The van der Waals surface area contributed by atoms with Crippen LogP contribution in [0.4, 0.5) is 4.39 Å². The van der Waals surface area contributed by atoms with Crippen LogP contribution in [-0.4, -0.2) is 30.7 Å². The number of halogens is 1. The molecule has 0 radical (unpaired) electrons. The van der Waals surface area contributed by atoms with Gasteiger partial charge in [-0.3, -0.25) is 0 Å². The van der Waals surface area contributed by atoms with E-state index in [9.17, 15) is 9.50 Å². The van der Waals surface area contributed by atoms with Gasteiger partial charge < -0.3 is 19.5 Å². The third-order valence-electron chi connectivity index (χ3n) is 8.94. The molecule has 0 saturated heterocycles. The van der Waals surface area contributed by atoms with Crippen molar-refractivity contribution in [2.75, 3.05) is 14.2 Å². The molecule has 0 aliphatic heterocycles. The van der Waals surface area contributed by atoms with Crippen LogP contribution in [0.3, 0.4) is 0 Å². The molecule has 7 heteroatoms. The number of phenols is 1. The molecule has 3 aliphatic rings. The monoisotopic (exact) mass is 508 g/mol. The number of aryl methyl sites for hydroxylation is 1. The van der Waals surface area contributed by atoms with Crippen molar-refractivity contribution in [1.82, 2.24) is 0 Å². The molecule has 0 amide bonds. The van der Waals surface area contributed by atoms with E-state index < -0.39 is 0 Å². The summed E-state index contributed by atoms with van der Waals surface area (Å²) < 4.78 is 19.5. The molecule has 6 nitrogen and oxygen atoms in total. The fourth-order valence-electron chi connectivity index (χ4n) is 7.12. The summed E-state index contributed by atoms with van der Waals surface area (Å²) in [6.45, 7) is 4.54. The Morgan fingerprint density at radius 1 is 1.08 bits per heavy atom. The Hall–Kier alpha value is -3.09. The summed E-state index contributed by atoms with van der Waals surface area (Å²) in [6.07, 6.45) is 6.80. The fraction of sp³-hybridized carbons (Fsp3) is 0.533. The number of aromatic hydroxyl groups is 1. The molecule has 2 aromatic carbocycles. The Morgan fingerprint density at radius 2 is 1.89 bits per heavy atom. The number of nitrogens with zero attached hydrogens (tertiary/aromatic N) is 2. The van der Waals surface area contributed by atoms with Gasteiger partial charge in [0.1, 0.15) is 19.5 Å². The van der Waals surface area contributed by atoms with Crippen molar-refractivity contribution >= 4 is 11.4 Å². The van der Waals surface area contributed by atoms with Crippen LogP contribution >= 0.6 is 0 Å². The number of ether oxygens (including phenoxy) is 1. The van der Waals surface area contributed by atoms with Gasteiger partial charge in [-0.25, -0.2) is 4.39 Å². The Morgan fingerprint density at radius 3 is 2.65 bits per heavy atom. The smallest absolute Gasteiger partial charge is 0.160 e. The van der Waals surface area contributed by atoms with Crippen molar-refractivity contribution in [3.63, 3.8) is 0 Å². The highest BCUT2D eigenvalue weighted by molar-refractivity contribution is 6.04. The van der Waals surface area contributed by atoms with Gasteiger partial charge in [-0.1, -0.05) is 30.2 Å². The lowest BCUT2D eigenvalue weighted by atomic mass is 9.50. The van der Waals surface area contributed by atoms with Crippen molar-refractivity contribution < 1.29 is 23.9 Å². The Bertz CT molecular complexity index is 1230. The molecule has 37 heavy (non-hydrogen) atoms. The molecule has 0 bridgehead atoms. The molecule has 1 unspecified atom stereocenters. The predicted molar refractivity (Wildman–Crippen MR) is 142 cm³/mol. The lowest BCUT2D eigenvalue weighted by molar-refractivity contribution is 0.0679. The molecule has 0 aromatic heterocycles. The molecule has 1 N–H and O–H groups in total. The Labute approximate surface area is 218 Å². The number of benzene rings is 2. The maximum Gasteiger partial charge on any atom is 0.160 e. The van der Waals surface area contributed by atoms with E-state index >= 15 is 0 Å². The van der Waals surface area contributed by atoms with Gasteiger partial charge in [0, 0.05) is 11.0 Å². The molecule has 2 aromatic rings. The van der Waals surface area contributed by atoms with Crippen LogP contribution < -0.4 is 4.74 Å². The highest BCUT2D eigenvalue weighted by Gasteiger charge is 2.53. The van der Waals surface area contributed by atoms with E-state index in [0.29, 0.717) is 23.5 Å². The molecule has 198 valence electrons.